The molecule has 1 aliphatic rings. The molecule has 0 radical (unpaired) electrons. The molecule has 0 spiro atoms. The molecular formula is C18H12N2O2S2. The fourth-order valence-corrected chi connectivity index (χ4v) is 4.47. The zero-order valence-electron chi connectivity index (χ0n) is 12.6. The van der Waals surface area contributed by atoms with Crippen molar-refractivity contribution in [2.75, 3.05) is 13.2 Å². The van der Waals surface area contributed by atoms with Crippen molar-refractivity contribution in [3.8, 4) is 32.8 Å². The van der Waals surface area contributed by atoms with E-state index in [2.05, 4.69) is 16.4 Å². The van der Waals surface area contributed by atoms with Gasteiger partial charge in [-0.15, -0.1) is 22.7 Å². The van der Waals surface area contributed by atoms with Crippen molar-refractivity contribution in [2.24, 2.45) is 0 Å². The summed E-state index contributed by atoms with van der Waals surface area (Å²) in [6, 6.07) is 14.1. The van der Waals surface area contributed by atoms with E-state index in [1.54, 1.807) is 22.7 Å². The van der Waals surface area contributed by atoms with Crippen molar-refractivity contribution >= 4 is 32.9 Å². The van der Waals surface area contributed by atoms with Gasteiger partial charge in [-0.25, -0.2) is 9.97 Å². The predicted octanol–water partition coefficient (Wildman–Crippen LogP) is 4.86. The van der Waals surface area contributed by atoms with Crippen LogP contribution in [0, 0.1) is 0 Å². The van der Waals surface area contributed by atoms with Crippen LogP contribution < -0.4 is 9.47 Å². The lowest BCUT2D eigenvalue weighted by atomic mass is 10.2. The number of para-hydroxylation sites is 1. The van der Waals surface area contributed by atoms with Crippen LogP contribution in [-0.2, 0) is 0 Å². The summed E-state index contributed by atoms with van der Waals surface area (Å²) in [7, 11) is 0. The monoisotopic (exact) mass is 352 g/mol. The Bertz CT molecular complexity index is 1010. The molecule has 0 N–H and O–H groups in total. The highest BCUT2D eigenvalue weighted by molar-refractivity contribution is 7.22. The summed E-state index contributed by atoms with van der Waals surface area (Å²) < 4.78 is 12.4. The maximum atomic E-state index is 5.66. The predicted molar refractivity (Wildman–Crippen MR) is 97.2 cm³/mol. The van der Waals surface area contributed by atoms with Gasteiger partial charge in [0, 0.05) is 10.9 Å². The molecular weight excluding hydrogens is 340 g/mol. The van der Waals surface area contributed by atoms with E-state index in [1.807, 2.05) is 36.4 Å². The topological polar surface area (TPSA) is 44.2 Å². The molecule has 0 aliphatic carbocycles. The minimum atomic E-state index is 0.589. The lowest BCUT2D eigenvalue weighted by Gasteiger charge is -2.18. The second-order valence-corrected chi connectivity index (χ2v) is 7.27. The first-order chi connectivity index (χ1) is 11.9. The van der Waals surface area contributed by atoms with Gasteiger partial charge in [0.05, 0.1) is 10.2 Å². The minimum Gasteiger partial charge on any atom is -0.486 e. The van der Waals surface area contributed by atoms with Gasteiger partial charge in [-0.05, 0) is 30.3 Å². The highest BCUT2D eigenvalue weighted by Gasteiger charge is 2.15. The molecule has 0 saturated carbocycles. The number of benzene rings is 2. The van der Waals surface area contributed by atoms with Crippen LogP contribution in [0.25, 0.3) is 31.5 Å². The van der Waals surface area contributed by atoms with Crippen LogP contribution in [0.5, 0.6) is 11.5 Å². The Hall–Kier alpha value is -2.44. The highest BCUT2D eigenvalue weighted by atomic mass is 32.1. The number of nitrogens with zero attached hydrogens (tertiary/aromatic N) is 2. The first kappa shape index (κ1) is 13.9. The van der Waals surface area contributed by atoms with E-state index in [0.717, 1.165) is 38.3 Å². The summed E-state index contributed by atoms with van der Waals surface area (Å²) in [6.45, 7) is 1.19. The highest BCUT2D eigenvalue weighted by Crippen LogP contribution is 2.37. The molecule has 1 aliphatic heterocycles. The molecule has 0 fully saturated rings. The molecule has 4 aromatic rings. The van der Waals surface area contributed by atoms with Crippen molar-refractivity contribution in [3.05, 3.63) is 47.8 Å². The largest absolute Gasteiger partial charge is 0.486 e. The zero-order chi connectivity index (χ0) is 15.9. The van der Waals surface area contributed by atoms with Crippen molar-refractivity contribution in [2.45, 2.75) is 0 Å². The average Bonchev–Trinajstić information content (AvgIpc) is 3.28. The maximum absolute atomic E-state index is 5.66. The number of hydrogen-bond donors (Lipinski definition) is 0. The van der Waals surface area contributed by atoms with Gasteiger partial charge < -0.3 is 9.47 Å². The number of thiazole rings is 2. The van der Waals surface area contributed by atoms with Crippen LogP contribution >= 0.6 is 22.7 Å². The number of rotatable bonds is 2. The van der Waals surface area contributed by atoms with E-state index >= 15 is 0 Å². The van der Waals surface area contributed by atoms with Crippen molar-refractivity contribution in [1.82, 2.24) is 9.97 Å². The Morgan fingerprint density at radius 2 is 1.75 bits per heavy atom. The van der Waals surface area contributed by atoms with Crippen molar-refractivity contribution in [3.63, 3.8) is 0 Å². The Morgan fingerprint density at radius 1 is 0.875 bits per heavy atom. The molecule has 0 atom stereocenters. The van der Waals surface area contributed by atoms with Gasteiger partial charge in [0.15, 0.2) is 11.5 Å². The summed E-state index contributed by atoms with van der Waals surface area (Å²) in [4.78, 5) is 9.44. The first-order valence-electron chi connectivity index (χ1n) is 7.58. The third-order valence-corrected chi connectivity index (χ3v) is 5.76. The van der Waals surface area contributed by atoms with Crippen LogP contribution in [0.4, 0.5) is 0 Å². The molecule has 3 heterocycles. The van der Waals surface area contributed by atoms with Crippen LogP contribution in [-0.4, -0.2) is 23.2 Å². The normalized spacial score (nSPS) is 13.3. The smallest absolute Gasteiger partial charge is 0.162 e. The Morgan fingerprint density at radius 3 is 2.67 bits per heavy atom. The number of fused-ring (bicyclic) bond motifs is 2. The van der Waals surface area contributed by atoms with Gasteiger partial charge in [0.1, 0.15) is 28.9 Å². The molecule has 0 unspecified atom stereocenters. The molecule has 4 nitrogen and oxygen atoms in total. The van der Waals surface area contributed by atoms with Gasteiger partial charge in [-0.1, -0.05) is 12.1 Å². The second kappa shape index (κ2) is 5.58. The Labute approximate surface area is 146 Å². The molecule has 2 aromatic carbocycles. The van der Waals surface area contributed by atoms with Crippen molar-refractivity contribution < 1.29 is 9.47 Å². The number of aromatic nitrogens is 2. The third-order valence-electron chi connectivity index (χ3n) is 3.81. The summed E-state index contributed by atoms with van der Waals surface area (Å²) in [6.07, 6.45) is 0. The van der Waals surface area contributed by atoms with Gasteiger partial charge in [-0.2, -0.15) is 0 Å². The fourth-order valence-electron chi connectivity index (χ4n) is 2.66. The molecule has 24 heavy (non-hydrogen) atoms. The van der Waals surface area contributed by atoms with E-state index in [4.69, 9.17) is 14.5 Å². The van der Waals surface area contributed by atoms with E-state index in [1.165, 1.54) is 4.70 Å². The lowest BCUT2D eigenvalue weighted by Crippen LogP contribution is -2.15. The van der Waals surface area contributed by atoms with Crippen LogP contribution in [0.2, 0.25) is 0 Å². The van der Waals surface area contributed by atoms with E-state index < -0.39 is 0 Å². The first-order valence-corrected chi connectivity index (χ1v) is 9.28. The van der Waals surface area contributed by atoms with Gasteiger partial charge in [0.2, 0.25) is 0 Å². The molecule has 0 amide bonds. The number of ether oxygens (including phenoxy) is 2. The second-order valence-electron chi connectivity index (χ2n) is 5.38. The third kappa shape index (κ3) is 2.35. The quantitative estimate of drug-likeness (QED) is 0.517. The lowest BCUT2D eigenvalue weighted by molar-refractivity contribution is 0.171. The molecule has 118 valence electrons. The summed E-state index contributed by atoms with van der Waals surface area (Å²) in [5.74, 6) is 1.59. The standard InChI is InChI=1S/C18H12N2O2S2/c1-2-4-16-12(3-1)19-18(24-16)13-10-23-17(20-13)11-5-6-14-15(9-11)22-8-7-21-14/h1-6,9-10H,7-8H2. The SMILES string of the molecule is c1ccc2sc(-c3csc(-c4ccc5c(c4)OCCO5)n3)nc2c1. The van der Waals surface area contributed by atoms with Crippen LogP contribution in [0.15, 0.2) is 47.8 Å². The Balaban J connectivity index is 1.52. The van der Waals surface area contributed by atoms with Gasteiger partial charge in [-0.3, -0.25) is 0 Å². The molecule has 0 bridgehead atoms. The molecule has 6 heteroatoms. The maximum Gasteiger partial charge on any atom is 0.162 e. The van der Waals surface area contributed by atoms with E-state index in [9.17, 15) is 0 Å². The van der Waals surface area contributed by atoms with Gasteiger partial charge >= 0.3 is 0 Å². The minimum absolute atomic E-state index is 0.589. The molecule has 0 saturated heterocycles. The number of hydrogen-bond acceptors (Lipinski definition) is 6. The fraction of sp³-hybridized carbons (Fsp3) is 0.111. The van der Waals surface area contributed by atoms with Crippen LogP contribution in [0.3, 0.4) is 0 Å². The molecule has 5 rings (SSSR count). The summed E-state index contributed by atoms with van der Waals surface area (Å²) in [5.41, 5.74) is 2.98. The molecule has 2 aromatic heterocycles. The summed E-state index contributed by atoms with van der Waals surface area (Å²) in [5, 5.41) is 3.97. The van der Waals surface area contributed by atoms with E-state index in [0.29, 0.717) is 13.2 Å². The Kier molecular flexibility index (Phi) is 3.24. The summed E-state index contributed by atoms with van der Waals surface area (Å²) >= 11 is 3.29. The van der Waals surface area contributed by atoms with E-state index in [-0.39, 0.29) is 0 Å². The zero-order valence-corrected chi connectivity index (χ0v) is 14.2. The van der Waals surface area contributed by atoms with Crippen molar-refractivity contribution in [1.29, 1.82) is 0 Å². The van der Waals surface area contributed by atoms with Gasteiger partial charge in [0.25, 0.3) is 0 Å². The average molecular weight is 352 g/mol. The van der Waals surface area contributed by atoms with Crippen LogP contribution in [0.1, 0.15) is 0 Å².